The summed E-state index contributed by atoms with van der Waals surface area (Å²) in [6.07, 6.45) is 1.74. The minimum absolute atomic E-state index is 0.0972. The van der Waals surface area contributed by atoms with Crippen molar-refractivity contribution >= 4 is 23.1 Å². The smallest absolute Gasteiger partial charge is 0.172 e. The number of aromatic nitrogens is 1. The Morgan fingerprint density at radius 3 is 2.57 bits per heavy atom. The van der Waals surface area contributed by atoms with Crippen molar-refractivity contribution in [2.24, 2.45) is 0 Å². The maximum absolute atomic E-state index is 5.33. The number of nitrogens with one attached hydrogen (secondary N) is 2. The van der Waals surface area contributed by atoms with Crippen LogP contribution in [0.3, 0.4) is 0 Å². The lowest BCUT2D eigenvalue weighted by Crippen LogP contribution is -2.31. The van der Waals surface area contributed by atoms with E-state index in [0.717, 1.165) is 22.7 Å². The number of ether oxygens (including phenoxy) is 1. The predicted molar refractivity (Wildman–Crippen MR) is 89.7 cm³/mol. The van der Waals surface area contributed by atoms with Crippen molar-refractivity contribution in [1.82, 2.24) is 10.3 Å². The molecule has 0 amide bonds. The molecule has 21 heavy (non-hydrogen) atoms. The van der Waals surface area contributed by atoms with Gasteiger partial charge in [-0.15, -0.1) is 0 Å². The van der Waals surface area contributed by atoms with Crippen molar-refractivity contribution in [3.63, 3.8) is 0 Å². The van der Waals surface area contributed by atoms with Crippen LogP contribution in [0.15, 0.2) is 42.6 Å². The van der Waals surface area contributed by atoms with E-state index >= 15 is 0 Å². The molecule has 0 aliphatic heterocycles. The second-order valence-corrected chi connectivity index (χ2v) is 5.17. The molecule has 0 unspecified atom stereocenters. The van der Waals surface area contributed by atoms with E-state index in [1.165, 1.54) is 0 Å². The maximum Gasteiger partial charge on any atom is 0.172 e. The Balaban J connectivity index is 1.97. The van der Waals surface area contributed by atoms with Crippen molar-refractivity contribution in [2.45, 2.75) is 19.9 Å². The zero-order valence-electron chi connectivity index (χ0n) is 12.4. The number of benzene rings is 1. The van der Waals surface area contributed by atoms with Crippen LogP contribution in [0.5, 0.6) is 5.75 Å². The fourth-order valence-corrected chi connectivity index (χ4v) is 2.21. The molecule has 0 aliphatic carbocycles. The number of hydrogen-bond acceptors (Lipinski definition) is 3. The molecule has 0 spiro atoms. The summed E-state index contributed by atoms with van der Waals surface area (Å²) in [4.78, 5) is 4.27. The molecule has 0 aliphatic rings. The third-order valence-corrected chi connectivity index (χ3v) is 3.42. The quantitative estimate of drug-likeness (QED) is 0.847. The molecule has 2 N–H and O–H groups in total. The molecule has 2 aromatic rings. The van der Waals surface area contributed by atoms with Gasteiger partial charge in [0, 0.05) is 6.20 Å². The van der Waals surface area contributed by atoms with Gasteiger partial charge in [-0.3, -0.25) is 0 Å². The number of pyridine rings is 1. The second-order valence-electron chi connectivity index (χ2n) is 4.76. The third-order valence-electron chi connectivity index (χ3n) is 3.20. The highest BCUT2D eigenvalue weighted by Gasteiger charge is 2.08. The van der Waals surface area contributed by atoms with Crippen LogP contribution in [-0.4, -0.2) is 17.2 Å². The molecule has 1 heterocycles. The molecule has 2 rings (SSSR count). The Labute approximate surface area is 130 Å². The number of rotatable bonds is 4. The summed E-state index contributed by atoms with van der Waals surface area (Å²) >= 11 is 5.33. The largest absolute Gasteiger partial charge is 0.497 e. The van der Waals surface area contributed by atoms with Gasteiger partial charge in [-0.2, -0.15) is 0 Å². The van der Waals surface area contributed by atoms with Gasteiger partial charge in [-0.05, 0) is 55.4 Å². The minimum Gasteiger partial charge on any atom is -0.497 e. The summed E-state index contributed by atoms with van der Waals surface area (Å²) in [5.41, 5.74) is 2.19. The van der Waals surface area contributed by atoms with Crippen LogP contribution < -0.4 is 15.4 Å². The van der Waals surface area contributed by atoms with Gasteiger partial charge in [0.1, 0.15) is 11.6 Å². The van der Waals surface area contributed by atoms with Gasteiger partial charge in [0.25, 0.3) is 0 Å². The van der Waals surface area contributed by atoms with E-state index in [-0.39, 0.29) is 6.04 Å². The topological polar surface area (TPSA) is 46.2 Å². The van der Waals surface area contributed by atoms with Crippen molar-refractivity contribution < 1.29 is 4.74 Å². The van der Waals surface area contributed by atoms with Crippen molar-refractivity contribution in [3.8, 4) is 5.75 Å². The third kappa shape index (κ3) is 4.16. The fraction of sp³-hybridized carbons (Fsp3) is 0.250. The van der Waals surface area contributed by atoms with E-state index in [9.17, 15) is 0 Å². The lowest BCUT2D eigenvalue weighted by atomic mass is 10.1. The van der Waals surface area contributed by atoms with Gasteiger partial charge in [0.2, 0.25) is 0 Å². The number of aryl methyl sites for hydroxylation is 1. The van der Waals surface area contributed by atoms with Gasteiger partial charge in [-0.1, -0.05) is 18.2 Å². The molecular weight excluding hydrogens is 282 g/mol. The van der Waals surface area contributed by atoms with Crippen LogP contribution in [-0.2, 0) is 0 Å². The molecule has 1 aromatic heterocycles. The first-order chi connectivity index (χ1) is 10.1. The van der Waals surface area contributed by atoms with Crippen LogP contribution in [0.25, 0.3) is 0 Å². The lowest BCUT2D eigenvalue weighted by Gasteiger charge is -2.18. The van der Waals surface area contributed by atoms with E-state index in [1.54, 1.807) is 13.3 Å². The van der Waals surface area contributed by atoms with Crippen LogP contribution in [0, 0.1) is 6.92 Å². The molecular formula is C16H19N3OS. The summed E-state index contributed by atoms with van der Waals surface area (Å²) in [7, 11) is 1.66. The van der Waals surface area contributed by atoms with Crippen molar-refractivity contribution in [1.29, 1.82) is 0 Å². The lowest BCUT2D eigenvalue weighted by molar-refractivity contribution is 0.414. The maximum atomic E-state index is 5.33. The number of nitrogens with zero attached hydrogens (tertiary/aromatic N) is 1. The van der Waals surface area contributed by atoms with E-state index in [1.807, 2.05) is 43.3 Å². The highest BCUT2D eigenvalue weighted by Crippen LogP contribution is 2.17. The molecule has 0 fully saturated rings. The van der Waals surface area contributed by atoms with E-state index in [4.69, 9.17) is 17.0 Å². The first-order valence-electron chi connectivity index (χ1n) is 6.73. The summed E-state index contributed by atoms with van der Waals surface area (Å²) in [5.74, 6) is 1.62. The van der Waals surface area contributed by atoms with Gasteiger partial charge in [0.15, 0.2) is 5.11 Å². The van der Waals surface area contributed by atoms with Crippen LogP contribution in [0.4, 0.5) is 5.82 Å². The average molecular weight is 301 g/mol. The average Bonchev–Trinajstić information content (AvgIpc) is 2.49. The van der Waals surface area contributed by atoms with E-state index in [0.29, 0.717) is 5.11 Å². The monoisotopic (exact) mass is 301 g/mol. The summed E-state index contributed by atoms with van der Waals surface area (Å²) in [6, 6.07) is 11.9. The Morgan fingerprint density at radius 2 is 1.95 bits per heavy atom. The van der Waals surface area contributed by atoms with E-state index in [2.05, 4.69) is 22.5 Å². The van der Waals surface area contributed by atoms with Crippen LogP contribution in [0.2, 0.25) is 0 Å². The minimum atomic E-state index is 0.0972. The Kier molecular flexibility index (Phi) is 5.11. The first-order valence-corrected chi connectivity index (χ1v) is 7.14. The molecule has 110 valence electrons. The molecule has 0 saturated carbocycles. The molecule has 1 aromatic carbocycles. The Morgan fingerprint density at radius 1 is 1.24 bits per heavy atom. The molecule has 0 saturated heterocycles. The Hall–Kier alpha value is -2.14. The molecule has 0 bridgehead atoms. The van der Waals surface area contributed by atoms with Gasteiger partial charge < -0.3 is 15.4 Å². The zero-order valence-corrected chi connectivity index (χ0v) is 13.2. The van der Waals surface area contributed by atoms with Crippen molar-refractivity contribution in [3.05, 3.63) is 53.7 Å². The van der Waals surface area contributed by atoms with Gasteiger partial charge in [0.05, 0.1) is 13.2 Å². The molecule has 5 heteroatoms. The van der Waals surface area contributed by atoms with Gasteiger partial charge >= 0.3 is 0 Å². The number of methoxy groups -OCH3 is 1. The van der Waals surface area contributed by atoms with E-state index < -0.39 is 0 Å². The zero-order chi connectivity index (χ0) is 15.2. The van der Waals surface area contributed by atoms with Gasteiger partial charge in [-0.25, -0.2) is 4.98 Å². The molecule has 0 radical (unpaired) electrons. The number of thiocarbonyl (C=S) groups is 1. The summed E-state index contributed by atoms with van der Waals surface area (Å²) in [6.45, 7) is 4.05. The first kappa shape index (κ1) is 15.3. The summed E-state index contributed by atoms with van der Waals surface area (Å²) in [5, 5.41) is 6.92. The molecule has 1 atom stereocenters. The normalized spacial score (nSPS) is 11.6. The number of hydrogen-bond donors (Lipinski definition) is 2. The second kappa shape index (κ2) is 7.04. The van der Waals surface area contributed by atoms with Crippen LogP contribution >= 0.6 is 12.2 Å². The number of anilines is 1. The highest BCUT2D eigenvalue weighted by molar-refractivity contribution is 7.80. The summed E-state index contributed by atoms with van der Waals surface area (Å²) < 4.78 is 5.16. The predicted octanol–water partition coefficient (Wildman–Crippen LogP) is 3.45. The highest BCUT2D eigenvalue weighted by atomic mass is 32.1. The van der Waals surface area contributed by atoms with Crippen molar-refractivity contribution in [2.75, 3.05) is 12.4 Å². The SMILES string of the molecule is COc1ccc([C@@H](C)NC(=S)Nc2ncccc2C)cc1. The standard InChI is InChI=1S/C16H19N3OS/c1-11-5-4-10-17-15(11)19-16(21)18-12(2)13-6-8-14(20-3)9-7-13/h4-10,12H,1-3H3,(H2,17,18,19,21)/t12-/m1/s1. The Bertz CT molecular complexity index is 613. The molecule has 4 nitrogen and oxygen atoms in total. The fourth-order valence-electron chi connectivity index (χ4n) is 1.93. The van der Waals surface area contributed by atoms with Crippen LogP contribution in [0.1, 0.15) is 24.1 Å².